The van der Waals surface area contributed by atoms with Crippen LogP contribution < -0.4 is 0 Å². The highest BCUT2D eigenvalue weighted by atomic mass is 35.5. The van der Waals surface area contributed by atoms with Crippen LogP contribution in [0.25, 0.3) is 0 Å². The maximum atomic E-state index is 9.77. The second-order valence-corrected chi connectivity index (χ2v) is 6.20. The van der Waals surface area contributed by atoms with Gasteiger partial charge in [0.15, 0.2) is 0 Å². The fourth-order valence-corrected chi connectivity index (χ4v) is 2.61. The molecule has 0 atom stereocenters. The van der Waals surface area contributed by atoms with Crippen LogP contribution in [0, 0.1) is 0 Å². The highest BCUT2D eigenvalue weighted by molar-refractivity contribution is 6.37. The van der Waals surface area contributed by atoms with Crippen molar-refractivity contribution in [1.29, 1.82) is 0 Å². The smallest absolute Gasteiger partial charge is 0.124 e. The number of hydrogen-bond acceptors (Lipinski definition) is 4. The van der Waals surface area contributed by atoms with E-state index >= 15 is 0 Å². The number of halogens is 2. The van der Waals surface area contributed by atoms with E-state index in [1.807, 2.05) is 0 Å². The molecule has 4 nitrogen and oxygen atoms in total. The van der Waals surface area contributed by atoms with Gasteiger partial charge >= 0.3 is 0 Å². The topological polar surface area (TPSA) is 65.2 Å². The molecule has 0 aliphatic carbocycles. The molecule has 26 heavy (non-hydrogen) atoms. The maximum absolute atomic E-state index is 9.77. The molecule has 0 unspecified atom stereocenters. The summed E-state index contributed by atoms with van der Waals surface area (Å²) in [6, 6.07) is 16.9. The number of nitrogens with zero attached hydrogens (tertiary/aromatic N) is 2. The van der Waals surface area contributed by atoms with Crippen LogP contribution in [0.4, 0.5) is 11.4 Å². The van der Waals surface area contributed by atoms with Gasteiger partial charge in [0, 0.05) is 23.6 Å². The number of hydrogen-bond donors (Lipinski definition) is 2. The summed E-state index contributed by atoms with van der Waals surface area (Å²) in [5.41, 5.74) is 2.06. The molecule has 2 N–H and O–H groups in total. The Hall–Kier alpha value is -2.82. The molecule has 0 bridgehead atoms. The summed E-state index contributed by atoms with van der Waals surface area (Å²) in [6.45, 7) is 0. The highest BCUT2D eigenvalue weighted by Gasteiger charge is 2.06. The van der Waals surface area contributed by atoms with E-state index < -0.39 is 0 Å². The van der Waals surface area contributed by atoms with Gasteiger partial charge in [0.2, 0.25) is 0 Å². The quantitative estimate of drug-likeness (QED) is 0.549. The predicted octanol–water partition coefficient (Wildman–Crippen LogP) is 5.91. The van der Waals surface area contributed by atoms with Crippen molar-refractivity contribution < 1.29 is 10.2 Å². The lowest BCUT2D eigenvalue weighted by atomic mass is 10.2. The lowest BCUT2D eigenvalue weighted by Gasteiger charge is -2.04. The Kier molecular flexibility index (Phi) is 5.56. The predicted molar refractivity (Wildman–Crippen MR) is 107 cm³/mol. The number of benzene rings is 3. The minimum atomic E-state index is 0.127. The van der Waals surface area contributed by atoms with Gasteiger partial charge in [-0.1, -0.05) is 47.5 Å². The van der Waals surface area contributed by atoms with Crippen molar-refractivity contribution in [3.63, 3.8) is 0 Å². The maximum Gasteiger partial charge on any atom is 0.124 e. The molecule has 0 saturated heterocycles. The summed E-state index contributed by atoms with van der Waals surface area (Å²) >= 11 is 12.5. The van der Waals surface area contributed by atoms with Gasteiger partial charge in [-0.25, -0.2) is 0 Å². The zero-order valence-corrected chi connectivity index (χ0v) is 15.0. The van der Waals surface area contributed by atoms with Crippen molar-refractivity contribution in [2.45, 2.75) is 0 Å². The van der Waals surface area contributed by atoms with E-state index in [0.717, 1.165) is 0 Å². The minimum Gasteiger partial charge on any atom is -0.507 e. The van der Waals surface area contributed by atoms with Crippen LogP contribution in [0.1, 0.15) is 11.1 Å². The first kappa shape index (κ1) is 18.0. The summed E-state index contributed by atoms with van der Waals surface area (Å²) in [5.74, 6) is 0.254. The molecule has 3 aromatic carbocycles. The molecule has 130 valence electrons. The SMILES string of the molecule is Oc1ccccc1C=Nc1cc(Cl)c(N=Cc2ccccc2O)cc1Cl. The molecule has 0 heterocycles. The second kappa shape index (κ2) is 8.04. The molecule has 0 fully saturated rings. The number of phenolic OH excluding ortho intramolecular Hbond substituents is 2. The third-order valence-corrected chi connectivity index (χ3v) is 4.18. The van der Waals surface area contributed by atoms with Gasteiger partial charge in [-0.15, -0.1) is 0 Å². The van der Waals surface area contributed by atoms with Crippen molar-refractivity contribution in [1.82, 2.24) is 0 Å². The lowest BCUT2D eigenvalue weighted by molar-refractivity contribution is 0.474. The molecule has 3 rings (SSSR count). The van der Waals surface area contributed by atoms with E-state index in [0.29, 0.717) is 32.5 Å². The number of rotatable bonds is 4. The van der Waals surface area contributed by atoms with Crippen LogP contribution in [-0.2, 0) is 0 Å². The molecule has 0 aliphatic heterocycles. The van der Waals surface area contributed by atoms with Gasteiger partial charge in [0.05, 0.1) is 21.4 Å². The first-order chi connectivity index (χ1) is 12.5. The number of para-hydroxylation sites is 2. The fourth-order valence-electron chi connectivity index (χ4n) is 2.20. The number of phenols is 2. The van der Waals surface area contributed by atoms with Gasteiger partial charge in [0.25, 0.3) is 0 Å². The van der Waals surface area contributed by atoms with Crippen molar-refractivity contribution in [3.8, 4) is 11.5 Å². The van der Waals surface area contributed by atoms with E-state index in [1.165, 1.54) is 12.4 Å². The van der Waals surface area contributed by atoms with Crippen LogP contribution in [0.3, 0.4) is 0 Å². The Morgan fingerprint density at radius 3 is 1.42 bits per heavy atom. The zero-order valence-electron chi connectivity index (χ0n) is 13.5. The molecule has 0 radical (unpaired) electrons. The van der Waals surface area contributed by atoms with Gasteiger partial charge in [0.1, 0.15) is 11.5 Å². The first-order valence-corrected chi connectivity index (χ1v) is 8.43. The Labute approximate surface area is 160 Å². The van der Waals surface area contributed by atoms with Crippen LogP contribution in [0.15, 0.2) is 70.6 Å². The summed E-state index contributed by atoms with van der Waals surface area (Å²) in [5, 5.41) is 20.3. The second-order valence-electron chi connectivity index (χ2n) is 5.39. The summed E-state index contributed by atoms with van der Waals surface area (Å²) in [7, 11) is 0. The lowest BCUT2D eigenvalue weighted by Crippen LogP contribution is -1.83. The molecule has 0 saturated carbocycles. The zero-order chi connectivity index (χ0) is 18.5. The average molecular weight is 385 g/mol. The Bertz CT molecular complexity index is 920. The molecule has 0 aromatic heterocycles. The Morgan fingerprint density at radius 1 is 0.654 bits per heavy atom. The Morgan fingerprint density at radius 2 is 1.04 bits per heavy atom. The van der Waals surface area contributed by atoms with E-state index in [9.17, 15) is 10.2 Å². The molecule has 0 spiro atoms. The van der Waals surface area contributed by atoms with Crippen LogP contribution in [0.2, 0.25) is 10.0 Å². The highest BCUT2D eigenvalue weighted by Crippen LogP contribution is 2.36. The molecule has 0 amide bonds. The van der Waals surface area contributed by atoms with Crippen molar-refractivity contribution in [3.05, 3.63) is 81.8 Å². The van der Waals surface area contributed by atoms with Crippen molar-refractivity contribution >= 4 is 47.0 Å². The Balaban J connectivity index is 1.87. The fraction of sp³-hybridized carbons (Fsp3) is 0. The van der Waals surface area contributed by atoms with Crippen LogP contribution >= 0.6 is 23.2 Å². The summed E-state index contributed by atoms with van der Waals surface area (Å²) < 4.78 is 0. The molecule has 3 aromatic rings. The molecular weight excluding hydrogens is 371 g/mol. The average Bonchev–Trinajstić information content (AvgIpc) is 2.63. The van der Waals surface area contributed by atoms with E-state index in [1.54, 1.807) is 60.7 Å². The first-order valence-electron chi connectivity index (χ1n) is 7.68. The standard InChI is InChI=1S/C20H14Cl2N2O2/c21-15-10-18(24-12-14-6-2-4-8-20(14)26)16(22)9-17(15)23-11-13-5-1-3-7-19(13)25/h1-12,25-26H. The van der Waals surface area contributed by atoms with Crippen LogP contribution in [-0.4, -0.2) is 22.6 Å². The van der Waals surface area contributed by atoms with Crippen molar-refractivity contribution in [2.24, 2.45) is 9.98 Å². The van der Waals surface area contributed by atoms with E-state index in [-0.39, 0.29) is 11.5 Å². The normalized spacial score (nSPS) is 11.5. The van der Waals surface area contributed by atoms with Gasteiger partial charge in [-0.05, 0) is 36.4 Å². The van der Waals surface area contributed by atoms with Gasteiger partial charge in [-0.2, -0.15) is 0 Å². The van der Waals surface area contributed by atoms with E-state index in [4.69, 9.17) is 23.2 Å². The third-order valence-electron chi connectivity index (χ3n) is 3.58. The van der Waals surface area contributed by atoms with Crippen molar-refractivity contribution in [2.75, 3.05) is 0 Å². The summed E-state index contributed by atoms with van der Waals surface area (Å²) in [6.07, 6.45) is 3.02. The number of aromatic hydroxyl groups is 2. The third kappa shape index (κ3) is 4.23. The minimum absolute atomic E-state index is 0.127. The number of aliphatic imine (C=N–C) groups is 2. The molecule has 0 aliphatic rings. The molecule has 6 heteroatoms. The van der Waals surface area contributed by atoms with Gasteiger partial charge < -0.3 is 10.2 Å². The molecular formula is C20H14Cl2N2O2. The summed E-state index contributed by atoms with van der Waals surface area (Å²) in [4.78, 5) is 8.56. The monoisotopic (exact) mass is 384 g/mol. The van der Waals surface area contributed by atoms with Crippen LogP contribution in [0.5, 0.6) is 11.5 Å². The van der Waals surface area contributed by atoms with Gasteiger partial charge in [-0.3, -0.25) is 9.98 Å². The largest absolute Gasteiger partial charge is 0.507 e. The van der Waals surface area contributed by atoms with E-state index in [2.05, 4.69) is 9.98 Å².